The molecule has 0 fully saturated rings. The number of carbonyl (C=O) groups excluding carboxylic acids is 1. The molecule has 0 aliphatic carbocycles. The van der Waals surface area contributed by atoms with E-state index in [9.17, 15) is 9.18 Å². The quantitative estimate of drug-likeness (QED) is 0.779. The standard InChI is InChI=1S/C15H18FN3OS2.ClH/c1-21-7-6-13(17)14(20)19-15-18-9-11(22-15)8-10-4-2-3-5-12(10)16;/h2-5,9,13H,6-8,17H2,1H3,(H,18,19,20);1H/t13-;/m0./s1. The van der Waals surface area contributed by atoms with Crippen LogP contribution in [0.3, 0.4) is 0 Å². The topological polar surface area (TPSA) is 68.0 Å². The van der Waals surface area contributed by atoms with Crippen LogP contribution in [0.15, 0.2) is 30.5 Å². The normalized spacial score (nSPS) is 11.6. The van der Waals surface area contributed by atoms with Crippen LogP contribution in [0.1, 0.15) is 16.9 Å². The highest BCUT2D eigenvalue weighted by atomic mass is 35.5. The van der Waals surface area contributed by atoms with E-state index in [1.807, 2.05) is 6.26 Å². The minimum atomic E-state index is -0.536. The van der Waals surface area contributed by atoms with Crippen molar-refractivity contribution in [2.75, 3.05) is 17.3 Å². The lowest BCUT2D eigenvalue weighted by molar-refractivity contribution is -0.117. The number of halogens is 2. The molecule has 126 valence electrons. The Labute approximate surface area is 149 Å². The lowest BCUT2D eigenvalue weighted by Gasteiger charge is -2.09. The predicted octanol–water partition coefficient (Wildman–Crippen LogP) is 3.31. The van der Waals surface area contributed by atoms with Gasteiger partial charge in [-0.3, -0.25) is 4.79 Å². The third-order valence-corrected chi connectivity index (χ3v) is 4.63. The molecule has 1 atom stereocenters. The molecule has 0 radical (unpaired) electrons. The fraction of sp³-hybridized carbons (Fsp3) is 0.333. The first-order chi connectivity index (χ1) is 10.6. The summed E-state index contributed by atoms with van der Waals surface area (Å²) in [6, 6.07) is 6.10. The number of hydrogen-bond acceptors (Lipinski definition) is 5. The van der Waals surface area contributed by atoms with Crippen molar-refractivity contribution in [2.24, 2.45) is 5.73 Å². The average molecular weight is 376 g/mol. The number of nitrogens with one attached hydrogen (secondary N) is 1. The first-order valence-electron chi connectivity index (χ1n) is 6.83. The molecule has 0 aliphatic rings. The zero-order chi connectivity index (χ0) is 15.9. The molecule has 0 bridgehead atoms. The number of thioether (sulfide) groups is 1. The molecule has 2 rings (SSSR count). The molecule has 8 heteroatoms. The molecule has 4 nitrogen and oxygen atoms in total. The Kier molecular flexibility index (Phi) is 8.54. The summed E-state index contributed by atoms with van der Waals surface area (Å²) in [6.45, 7) is 0. The minimum absolute atomic E-state index is 0. The van der Waals surface area contributed by atoms with E-state index in [-0.39, 0.29) is 24.1 Å². The predicted molar refractivity (Wildman–Crippen MR) is 98.2 cm³/mol. The zero-order valence-electron chi connectivity index (χ0n) is 12.6. The molecule has 1 heterocycles. The van der Waals surface area contributed by atoms with Crippen molar-refractivity contribution >= 4 is 46.5 Å². The summed E-state index contributed by atoms with van der Waals surface area (Å²) < 4.78 is 13.6. The number of nitrogens with zero attached hydrogens (tertiary/aromatic N) is 1. The van der Waals surface area contributed by atoms with Crippen molar-refractivity contribution in [3.05, 3.63) is 46.7 Å². The molecule has 0 unspecified atom stereocenters. The van der Waals surface area contributed by atoms with Gasteiger partial charge < -0.3 is 11.1 Å². The van der Waals surface area contributed by atoms with E-state index in [2.05, 4.69) is 10.3 Å². The van der Waals surface area contributed by atoms with Gasteiger partial charge in [0.15, 0.2) is 5.13 Å². The third kappa shape index (κ3) is 6.10. The molecule has 1 amide bonds. The maximum absolute atomic E-state index is 13.6. The Morgan fingerprint density at radius 3 is 2.91 bits per heavy atom. The van der Waals surface area contributed by atoms with Gasteiger partial charge in [0.2, 0.25) is 5.91 Å². The van der Waals surface area contributed by atoms with Crippen LogP contribution in [0.2, 0.25) is 0 Å². The number of carbonyl (C=O) groups is 1. The van der Waals surface area contributed by atoms with Gasteiger partial charge in [-0.05, 0) is 30.1 Å². The van der Waals surface area contributed by atoms with Crippen molar-refractivity contribution in [1.29, 1.82) is 0 Å². The SMILES string of the molecule is CSCC[C@H](N)C(=O)Nc1ncc(Cc2ccccc2F)s1.Cl. The maximum Gasteiger partial charge on any atom is 0.243 e. The van der Waals surface area contributed by atoms with Gasteiger partial charge in [0.25, 0.3) is 0 Å². The van der Waals surface area contributed by atoms with E-state index in [1.165, 1.54) is 17.4 Å². The van der Waals surface area contributed by atoms with Gasteiger partial charge in [-0.1, -0.05) is 18.2 Å². The smallest absolute Gasteiger partial charge is 0.243 e. The third-order valence-electron chi connectivity index (χ3n) is 3.08. The molecule has 0 saturated heterocycles. The van der Waals surface area contributed by atoms with Gasteiger partial charge in [-0.25, -0.2) is 9.37 Å². The Morgan fingerprint density at radius 2 is 2.22 bits per heavy atom. The highest BCUT2D eigenvalue weighted by Crippen LogP contribution is 2.22. The second-order valence-corrected chi connectivity index (χ2v) is 6.88. The molecule has 1 aromatic carbocycles. The molecular weight excluding hydrogens is 357 g/mol. The van der Waals surface area contributed by atoms with Crippen molar-refractivity contribution in [3.63, 3.8) is 0 Å². The van der Waals surface area contributed by atoms with E-state index in [1.54, 1.807) is 36.2 Å². The molecule has 3 N–H and O–H groups in total. The number of nitrogens with two attached hydrogens (primary N) is 1. The highest BCUT2D eigenvalue weighted by molar-refractivity contribution is 7.98. The summed E-state index contributed by atoms with van der Waals surface area (Å²) in [4.78, 5) is 16.9. The molecule has 0 saturated carbocycles. The number of thiazole rings is 1. The number of amides is 1. The summed E-state index contributed by atoms with van der Waals surface area (Å²) >= 11 is 2.99. The maximum atomic E-state index is 13.6. The highest BCUT2D eigenvalue weighted by Gasteiger charge is 2.15. The fourth-order valence-corrected chi connectivity index (χ4v) is 3.18. The lowest BCUT2D eigenvalue weighted by Crippen LogP contribution is -2.36. The largest absolute Gasteiger partial charge is 0.320 e. The number of anilines is 1. The van der Waals surface area contributed by atoms with Crippen LogP contribution in [0.5, 0.6) is 0 Å². The Balaban J connectivity index is 0.00000264. The van der Waals surface area contributed by atoms with E-state index >= 15 is 0 Å². The first-order valence-corrected chi connectivity index (χ1v) is 9.04. The first kappa shape index (κ1) is 19.9. The van der Waals surface area contributed by atoms with Crippen LogP contribution in [-0.2, 0) is 11.2 Å². The van der Waals surface area contributed by atoms with Gasteiger partial charge in [0.1, 0.15) is 5.82 Å². The Bertz CT molecular complexity index is 639. The van der Waals surface area contributed by atoms with Gasteiger partial charge in [-0.15, -0.1) is 23.7 Å². The summed E-state index contributed by atoms with van der Waals surface area (Å²) in [7, 11) is 0. The molecule has 2 aromatic rings. The van der Waals surface area contributed by atoms with Gasteiger partial charge in [0, 0.05) is 17.5 Å². The number of hydrogen-bond donors (Lipinski definition) is 2. The van der Waals surface area contributed by atoms with Gasteiger partial charge in [-0.2, -0.15) is 11.8 Å². The van der Waals surface area contributed by atoms with Crippen molar-refractivity contribution < 1.29 is 9.18 Å². The van der Waals surface area contributed by atoms with Crippen LogP contribution in [0, 0.1) is 5.82 Å². The Hall–Kier alpha value is -1.15. The van der Waals surface area contributed by atoms with Crippen LogP contribution >= 0.6 is 35.5 Å². The van der Waals surface area contributed by atoms with Crippen LogP contribution in [0.25, 0.3) is 0 Å². The number of aromatic nitrogens is 1. The lowest BCUT2D eigenvalue weighted by atomic mass is 10.1. The van der Waals surface area contributed by atoms with Crippen molar-refractivity contribution in [1.82, 2.24) is 4.98 Å². The summed E-state index contributed by atoms with van der Waals surface area (Å²) in [5, 5.41) is 3.21. The average Bonchev–Trinajstić information content (AvgIpc) is 2.94. The molecule has 0 spiro atoms. The van der Waals surface area contributed by atoms with Gasteiger partial charge in [0.05, 0.1) is 6.04 Å². The Morgan fingerprint density at radius 1 is 1.48 bits per heavy atom. The number of benzene rings is 1. The van der Waals surface area contributed by atoms with Gasteiger partial charge >= 0.3 is 0 Å². The molecule has 23 heavy (non-hydrogen) atoms. The molecule has 0 aliphatic heterocycles. The summed E-state index contributed by atoms with van der Waals surface area (Å²) in [5.74, 6) is 0.367. The summed E-state index contributed by atoms with van der Waals surface area (Å²) in [5.41, 5.74) is 6.42. The molecule has 1 aromatic heterocycles. The second-order valence-electron chi connectivity index (χ2n) is 4.78. The van der Waals surface area contributed by atoms with Crippen LogP contribution < -0.4 is 11.1 Å². The van der Waals surface area contributed by atoms with Crippen LogP contribution in [0.4, 0.5) is 9.52 Å². The van der Waals surface area contributed by atoms with E-state index in [0.29, 0.717) is 23.5 Å². The fourth-order valence-electron chi connectivity index (χ4n) is 1.85. The van der Waals surface area contributed by atoms with Crippen LogP contribution in [-0.4, -0.2) is 28.9 Å². The zero-order valence-corrected chi connectivity index (χ0v) is 15.1. The second kappa shape index (κ2) is 9.87. The van der Waals surface area contributed by atoms with E-state index in [4.69, 9.17) is 5.73 Å². The van der Waals surface area contributed by atoms with Crippen molar-refractivity contribution in [2.45, 2.75) is 18.9 Å². The molecular formula is C15H19ClFN3OS2. The number of rotatable bonds is 7. The van der Waals surface area contributed by atoms with Crippen molar-refractivity contribution in [3.8, 4) is 0 Å². The summed E-state index contributed by atoms with van der Waals surface area (Å²) in [6.07, 6.45) is 4.71. The monoisotopic (exact) mass is 375 g/mol. The van der Waals surface area contributed by atoms with E-state index < -0.39 is 6.04 Å². The van der Waals surface area contributed by atoms with E-state index in [0.717, 1.165) is 10.6 Å². The minimum Gasteiger partial charge on any atom is -0.320 e.